The fraction of sp³-hybridized carbons (Fsp3) is 0.526. The second-order valence-corrected chi connectivity index (χ2v) is 6.50. The van der Waals surface area contributed by atoms with Crippen molar-refractivity contribution in [1.82, 2.24) is 5.32 Å². The van der Waals surface area contributed by atoms with Crippen LogP contribution < -0.4 is 22.5 Å². The second kappa shape index (κ2) is 15.4. The van der Waals surface area contributed by atoms with Crippen LogP contribution in [0.2, 0.25) is 0 Å². The molecule has 0 amide bonds. The van der Waals surface area contributed by atoms with Crippen molar-refractivity contribution in [3.63, 3.8) is 0 Å². The maximum atomic E-state index is 10.4. The molecular weight excluding hydrogens is 380 g/mol. The van der Waals surface area contributed by atoms with Crippen LogP contribution in [0.4, 0.5) is 0 Å². The van der Waals surface area contributed by atoms with Crippen LogP contribution in [0.5, 0.6) is 0 Å². The van der Waals surface area contributed by atoms with E-state index in [2.05, 4.69) is 5.32 Å². The molecule has 10 N–H and O–H groups in total. The van der Waals surface area contributed by atoms with Crippen molar-refractivity contribution in [2.24, 2.45) is 17.2 Å². The number of hydrogen-bond acceptors (Lipinski definition) is 7. The van der Waals surface area contributed by atoms with E-state index in [1.807, 2.05) is 30.3 Å². The standard InChI is InChI=1S/C9H11NO2.C5H12N2O2.C5H9NO2/c10-8(9(11)12)6-7-4-2-1-3-5-7;6-3-1-2-4(7)5(8)9;7-5(8)4-2-1-3-6-4/h1-5,8H,6,10H2,(H,11,12);4H,1-3,6-7H2,(H,8,9);4,6H,1-3H2,(H,7,8)/t8-;2*4-/m000/s1. The lowest BCUT2D eigenvalue weighted by Gasteiger charge is -2.04. The van der Waals surface area contributed by atoms with Gasteiger partial charge in [0.2, 0.25) is 0 Å². The highest BCUT2D eigenvalue weighted by atomic mass is 16.4. The molecule has 0 aromatic heterocycles. The molecule has 0 bridgehead atoms. The average molecular weight is 412 g/mol. The highest BCUT2D eigenvalue weighted by molar-refractivity contribution is 5.74. The first-order chi connectivity index (χ1) is 13.7. The van der Waals surface area contributed by atoms with Gasteiger partial charge in [-0.1, -0.05) is 30.3 Å². The van der Waals surface area contributed by atoms with E-state index in [-0.39, 0.29) is 6.04 Å². The molecule has 1 aromatic rings. The summed E-state index contributed by atoms with van der Waals surface area (Å²) in [6.45, 7) is 1.36. The molecule has 10 heteroatoms. The zero-order valence-electron chi connectivity index (χ0n) is 16.4. The highest BCUT2D eigenvalue weighted by Crippen LogP contribution is 2.03. The summed E-state index contributed by atoms with van der Waals surface area (Å²) >= 11 is 0. The Morgan fingerprint density at radius 1 is 1.03 bits per heavy atom. The second-order valence-electron chi connectivity index (χ2n) is 6.50. The number of carboxylic acid groups (broad SMARTS) is 3. The predicted molar refractivity (Wildman–Crippen MR) is 108 cm³/mol. The molecule has 10 nitrogen and oxygen atoms in total. The van der Waals surface area contributed by atoms with Gasteiger partial charge in [0.15, 0.2) is 0 Å². The lowest BCUT2D eigenvalue weighted by molar-refractivity contribution is -0.139. The molecule has 0 unspecified atom stereocenters. The Morgan fingerprint density at radius 3 is 2.00 bits per heavy atom. The molecule has 1 aromatic carbocycles. The van der Waals surface area contributed by atoms with Crippen molar-refractivity contribution in [1.29, 1.82) is 0 Å². The quantitative estimate of drug-likeness (QED) is 0.294. The Bertz CT molecular complexity index is 608. The van der Waals surface area contributed by atoms with Crippen LogP contribution in [0.1, 0.15) is 31.2 Å². The van der Waals surface area contributed by atoms with Crippen LogP contribution in [0.25, 0.3) is 0 Å². The largest absolute Gasteiger partial charge is 0.480 e. The minimum Gasteiger partial charge on any atom is -0.480 e. The van der Waals surface area contributed by atoms with Gasteiger partial charge in [-0.3, -0.25) is 14.4 Å². The smallest absolute Gasteiger partial charge is 0.320 e. The van der Waals surface area contributed by atoms with Crippen molar-refractivity contribution in [2.75, 3.05) is 13.1 Å². The van der Waals surface area contributed by atoms with Crippen molar-refractivity contribution < 1.29 is 29.7 Å². The Kier molecular flexibility index (Phi) is 14.1. The van der Waals surface area contributed by atoms with E-state index in [0.29, 0.717) is 25.8 Å². The van der Waals surface area contributed by atoms with Crippen molar-refractivity contribution in [2.45, 2.75) is 50.2 Å². The van der Waals surface area contributed by atoms with Gasteiger partial charge in [-0.2, -0.15) is 0 Å². The maximum Gasteiger partial charge on any atom is 0.320 e. The summed E-state index contributed by atoms with van der Waals surface area (Å²) in [5.41, 5.74) is 16.6. The molecule has 0 radical (unpaired) electrons. The zero-order valence-corrected chi connectivity index (χ0v) is 16.4. The van der Waals surface area contributed by atoms with Gasteiger partial charge < -0.3 is 37.8 Å². The number of carbonyl (C=O) groups is 3. The molecular formula is C19H32N4O6. The molecule has 0 saturated carbocycles. The molecule has 0 spiro atoms. The highest BCUT2D eigenvalue weighted by Gasteiger charge is 2.20. The van der Waals surface area contributed by atoms with Gasteiger partial charge in [-0.15, -0.1) is 0 Å². The Morgan fingerprint density at radius 2 is 1.62 bits per heavy atom. The van der Waals surface area contributed by atoms with Crippen molar-refractivity contribution in [3.05, 3.63) is 35.9 Å². The van der Waals surface area contributed by atoms with Crippen LogP contribution in [-0.2, 0) is 20.8 Å². The first-order valence-electron chi connectivity index (χ1n) is 9.36. The zero-order chi connectivity index (χ0) is 22.2. The van der Waals surface area contributed by atoms with E-state index < -0.39 is 30.0 Å². The number of benzene rings is 1. The topological polar surface area (TPSA) is 202 Å². The molecule has 1 aliphatic heterocycles. The summed E-state index contributed by atoms with van der Waals surface area (Å²) in [5, 5.41) is 28.0. The summed E-state index contributed by atoms with van der Waals surface area (Å²) < 4.78 is 0. The number of nitrogens with one attached hydrogen (secondary N) is 1. The number of nitrogens with two attached hydrogens (primary N) is 3. The number of carboxylic acids is 3. The predicted octanol–water partition coefficient (Wildman–Crippen LogP) is -0.399. The first kappa shape index (κ1) is 26.5. The molecule has 1 heterocycles. The van der Waals surface area contributed by atoms with Gasteiger partial charge in [0, 0.05) is 0 Å². The van der Waals surface area contributed by atoms with Gasteiger partial charge >= 0.3 is 17.9 Å². The SMILES string of the molecule is NCCC[C@H](N)C(=O)O.N[C@@H](Cc1ccccc1)C(=O)O.O=C(O)[C@@H]1CCCN1. The van der Waals surface area contributed by atoms with Gasteiger partial charge in [-0.05, 0) is 50.8 Å². The summed E-state index contributed by atoms with van der Waals surface area (Å²) in [5.74, 6) is -2.63. The third-order valence-corrected chi connectivity index (χ3v) is 4.01. The fourth-order valence-corrected chi connectivity index (χ4v) is 2.31. The van der Waals surface area contributed by atoms with Gasteiger partial charge in [0.25, 0.3) is 0 Å². The maximum absolute atomic E-state index is 10.4. The molecule has 1 fully saturated rings. The first-order valence-corrected chi connectivity index (χ1v) is 9.36. The Hall–Kier alpha value is -2.53. The lowest BCUT2D eigenvalue weighted by atomic mass is 10.1. The fourth-order valence-electron chi connectivity index (χ4n) is 2.31. The van der Waals surface area contributed by atoms with E-state index in [4.69, 9.17) is 32.5 Å². The van der Waals surface area contributed by atoms with Gasteiger partial charge in [0.05, 0.1) is 0 Å². The molecule has 2 rings (SSSR count). The van der Waals surface area contributed by atoms with Crippen LogP contribution in [0.3, 0.4) is 0 Å². The van der Waals surface area contributed by atoms with Gasteiger partial charge in [0.1, 0.15) is 18.1 Å². The number of hydrogen-bond donors (Lipinski definition) is 7. The molecule has 1 aliphatic rings. The van der Waals surface area contributed by atoms with E-state index in [9.17, 15) is 14.4 Å². The van der Waals surface area contributed by atoms with Crippen LogP contribution in [0.15, 0.2) is 30.3 Å². The van der Waals surface area contributed by atoms with Crippen LogP contribution >= 0.6 is 0 Å². The minimum absolute atomic E-state index is 0.269. The summed E-state index contributed by atoms with van der Waals surface area (Å²) in [6.07, 6.45) is 3.31. The normalized spacial score (nSPS) is 17.0. The van der Waals surface area contributed by atoms with Crippen LogP contribution in [-0.4, -0.2) is 64.4 Å². The van der Waals surface area contributed by atoms with E-state index in [0.717, 1.165) is 24.9 Å². The van der Waals surface area contributed by atoms with Crippen LogP contribution in [0, 0.1) is 0 Å². The molecule has 164 valence electrons. The molecule has 29 heavy (non-hydrogen) atoms. The molecule has 3 atom stereocenters. The summed E-state index contributed by atoms with van der Waals surface area (Å²) in [4.78, 5) is 30.6. The third-order valence-electron chi connectivity index (χ3n) is 4.01. The minimum atomic E-state index is -0.959. The Balaban J connectivity index is 0.000000416. The van der Waals surface area contributed by atoms with E-state index in [1.54, 1.807) is 0 Å². The molecule has 1 saturated heterocycles. The van der Waals surface area contributed by atoms with Crippen molar-refractivity contribution in [3.8, 4) is 0 Å². The third kappa shape index (κ3) is 13.3. The van der Waals surface area contributed by atoms with E-state index >= 15 is 0 Å². The summed E-state index contributed by atoms with van der Waals surface area (Å²) in [6, 6.07) is 7.53. The summed E-state index contributed by atoms with van der Waals surface area (Å²) in [7, 11) is 0. The molecule has 0 aliphatic carbocycles. The number of aliphatic carboxylic acids is 3. The van der Waals surface area contributed by atoms with Gasteiger partial charge in [-0.25, -0.2) is 0 Å². The lowest BCUT2D eigenvalue weighted by Crippen LogP contribution is -2.32. The van der Waals surface area contributed by atoms with Crippen molar-refractivity contribution >= 4 is 17.9 Å². The van der Waals surface area contributed by atoms with E-state index in [1.165, 1.54) is 0 Å². The number of rotatable bonds is 8. The Labute approximate surface area is 170 Å². The monoisotopic (exact) mass is 412 g/mol. The average Bonchev–Trinajstić information content (AvgIpc) is 3.23.